The van der Waals surface area contributed by atoms with Crippen molar-refractivity contribution < 1.29 is 23.8 Å². The summed E-state index contributed by atoms with van der Waals surface area (Å²) in [4.78, 5) is 25.5. The predicted molar refractivity (Wildman–Crippen MR) is 136 cm³/mol. The Morgan fingerprint density at radius 2 is 1.74 bits per heavy atom. The van der Waals surface area contributed by atoms with Gasteiger partial charge in [0.05, 0.1) is 13.2 Å². The Morgan fingerprint density at radius 1 is 1.00 bits per heavy atom. The number of aryl methyl sites for hydroxylation is 1. The molecule has 1 aromatic heterocycles. The van der Waals surface area contributed by atoms with Gasteiger partial charge in [-0.05, 0) is 61.6 Å². The van der Waals surface area contributed by atoms with Gasteiger partial charge in [0.1, 0.15) is 22.1 Å². The highest BCUT2D eigenvalue weighted by atomic mass is 32.1. The maximum Gasteiger partial charge on any atom is 0.341 e. The lowest BCUT2D eigenvalue weighted by Gasteiger charge is -2.15. The number of ether oxygens (including phenoxy) is 3. The van der Waals surface area contributed by atoms with Gasteiger partial charge in [0.25, 0.3) is 5.91 Å². The van der Waals surface area contributed by atoms with Crippen LogP contribution in [0.3, 0.4) is 0 Å². The van der Waals surface area contributed by atoms with Crippen LogP contribution in [0.1, 0.15) is 55.1 Å². The molecule has 180 valence electrons. The fourth-order valence-electron chi connectivity index (χ4n) is 3.52. The van der Waals surface area contributed by atoms with E-state index in [4.69, 9.17) is 14.2 Å². The van der Waals surface area contributed by atoms with Crippen molar-refractivity contribution in [2.75, 3.05) is 25.1 Å². The first-order valence-electron chi connectivity index (χ1n) is 11.4. The van der Waals surface area contributed by atoms with Gasteiger partial charge in [-0.15, -0.1) is 11.3 Å². The highest BCUT2D eigenvalue weighted by Gasteiger charge is 2.23. The molecule has 0 aliphatic heterocycles. The van der Waals surface area contributed by atoms with E-state index < -0.39 is 5.97 Å². The molecule has 3 rings (SSSR count). The summed E-state index contributed by atoms with van der Waals surface area (Å²) in [6.45, 7) is 10.5. The number of hydrogen-bond donors (Lipinski definition) is 1. The van der Waals surface area contributed by atoms with Crippen molar-refractivity contribution in [1.29, 1.82) is 0 Å². The van der Waals surface area contributed by atoms with Crippen LogP contribution in [0.4, 0.5) is 5.00 Å². The summed E-state index contributed by atoms with van der Waals surface area (Å²) in [7, 11) is 0. The second kappa shape index (κ2) is 11.7. The largest absolute Gasteiger partial charge is 0.494 e. The van der Waals surface area contributed by atoms with Crippen molar-refractivity contribution in [3.05, 3.63) is 64.5 Å². The average molecular weight is 482 g/mol. The summed E-state index contributed by atoms with van der Waals surface area (Å²) in [5, 5.41) is 5.11. The molecule has 0 bridgehead atoms. The van der Waals surface area contributed by atoms with Gasteiger partial charge in [0.2, 0.25) is 0 Å². The third-order valence-electron chi connectivity index (χ3n) is 5.15. The molecule has 0 spiro atoms. The number of anilines is 1. The molecule has 1 heterocycles. The van der Waals surface area contributed by atoms with Gasteiger partial charge in [-0.25, -0.2) is 4.79 Å². The molecule has 1 amide bonds. The number of carbonyl (C=O) groups excluding carboxylic acids is 2. The van der Waals surface area contributed by atoms with Gasteiger partial charge in [0.15, 0.2) is 6.61 Å². The molecule has 0 saturated carbocycles. The van der Waals surface area contributed by atoms with Crippen LogP contribution in [0.15, 0.2) is 47.8 Å². The van der Waals surface area contributed by atoms with E-state index in [9.17, 15) is 9.59 Å². The van der Waals surface area contributed by atoms with Crippen LogP contribution in [0.5, 0.6) is 11.5 Å². The number of amides is 1. The van der Waals surface area contributed by atoms with Gasteiger partial charge in [-0.1, -0.05) is 38.1 Å². The topological polar surface area (TPSA) is 73.9 Å². The van der Waals surface area contributed by atoms with Crippen molar-refractivity contribution >= 4 is 28.2 Å². The number of esters is 1. The Balaban J connectivity index is 1.81. The van der Waals surface area contributed by atoms with Crippen LogP contribution in [-0.2, 0) is 9.53 Å². The van der Waals surface area contributed by atoms with Gasteiger partial charge in [-0.3, -0.25) is 4.79 Å². The molecule has 0 aliphatic rings. The third-order valence-corrected chi connectivity index (χ3v) is 6.05. The lowest BCUT2D eigenvalue weighted by atomic mass is 10.0. The normalized spacial score (nSPS) is 10.8. The zero-order valence-electron chi connectivity index (χ0n) is 20.3. The summed E-state index contributed by atoms with van der Waals surface area (Å²) in [6.07, 6.45) is 0. The fourth-order valence-corrected chi connectivity index (χ4v) is 4.49. The first kappa shape index (κ1) is 25.3. The minimum atomic E-state index is -0.482. The van der Waals surface area contributed by atoms with E-state index in [1.807, 2.05) is 61.7 Å². The first-order valence-corrected chi connectivity index (χ1v) is 12.3. The van der Waals surface area contributed by atoms with Crippen LogP contribution >= 0.6 is 11.3 Å². The van der Waals surface area contributed by atoms with E-state index in [1.165, 1.54) is 11.3 Å². The molecule has 34 heavy (non-hydrogen) atoms. The van der Waals surface area contributed by atoms with E-state index in [1.54, 1.807) is 6.92 Å². The predicted octanol–water partition coefficient (Wildman–Crippen LogP) is 6.44. The molecule has 3 aromatic rings. The minimum absolute atomic E-state index is 0.165. The lowest BCUT2D eigenvalue weighted by Crippen LogP contribution is -2.21. The van der Waals surface area contributed by atoms with Crippen LogP contribution in [0.25, 0.3) is 11.1 Å². The molecule has 0 unspecified atom stereocenters. The summed E-state index contributed by atoms with van der Waals surface area (Å²) in [5.41, 5.74) is 3.97. The molecule has 6 nitrogen and oxygen atoms in total. The average Bonchev–Trinajstić information content (AvgIpc) is 3.22. The molecule has 0 atom stereocenters. The van der Waals surface area contributed by atoms with E-state index in [2.05, 4.69) is 19.2 Å². The smallest absolute Gasteiger partial charge is 0.341 e. The number of carbonyl (C=O) groups is 2. The second-order valence-corrected chi connectivity index (χ2v) is 8.94. The zero-order chi connectivity index (χ0) is 24.7. The number of rotatable bonds is 10. The van der Waals surface area contributed by atoms with Crippen molar-refractivity contribution in [3.8, 4) is 22.6 Å². The SMILES string of the molecule is CCOC(=O)c1c(-c2ccc(OCC)cc2)csc1NC(=O)COc1cc(C)ccc1C(C)C. The molecular formula is C27H31NO5S. The maximum atomic E-state index is 12.8. The fraction of sp³-hybridized carbons (Fsp3) is 0.333. The standard InChI is InChI=1S/C27H31NO5S/c1-6-31-20-11-9-19(10-12-20)22-16-34-26(25(22)27(30)32-7-2)28-24(29)15-33-23-14-18(5)8-13-21(23)17(3)4/h8-14,16-17H,6-7,15H2,1-5H3,(H,28,29). The summed E-state index contributed by atoms with van der Waals surface area (Å²) < 4.78 is 16.6. The monoisotopic (exact) mass is 481 g/mol. The first-order chi connectivity index (χ1) is 16.3. The molecule has 0 aliphatic carbocycles. The third kappa shape index (κ3) is 6.17. The van der Waals surface area contributed by atoms with Gasteiger partial charge in [-0.2, -0.15) is 0 Å². The Kier molecular flexibility index (Phi) is 8.71. The van der Waals surface area contributed by atoms with E-state index in [0.717, 1.165) is 22.4 Å². The van der Waals surface area contributed by atoms with Gasteiger partial charge >= 0.3 is 5.97 Å². The lowest BCUT2D eigenvalue weighted by molar-refractivity contribution is -0.118. The Bertz CT molecular complexity index is 1130. The molecule has 0 radical (unpaired) electrons. The zero-order valence-corrected chi connectivity index (χ0v) is 21.1. The Hall–Kier alpha value is -3.32. The number of thiophene rings is 1. The van der Waals surface area contributed by atoms with Crippen molar-refractivity contribution in [2.45, 2.75) is 40.5 Å². The van der Waals surface area contributed by atoms with Crippen LogP contribution in [0.2, 0.25) is 0 Å². The van der Waals surface area contributed by atoms with E-state index in [0.29, 0.717) is 28.5 Å². The number of nitrogens with one attached hydrogen (secondary N) is 1. The van der Waals surface area contributed by atoms with Gasteiger partial charge < -0.3 is 19.5 Å². The summed E-state index contributed by atoms with van der Waals surface area (Å²) in [5.74, 6) is 0.883. The molecule has 7 heteroatoms. The highest BCUT2D eigenvalue weighted by Crippen LogP contribution is 2.37. The Labute approximate surface area is 204 Å². The minimum Gasteiger partial charge on any atom is -0.494 e. The molecule has 0 fully saturated rings. The van der Waals surface area contributed by atoms with Crippen LogP contribution in [-0.4, -0.2) is 31.7 Å². The summed E-state index contributed by atoms with van der Waals surface area (Å²) in [6, 6.07) is 13.5. The van der Waals surface area contributed by atoms with Crippen LogP contribution < -0.4 is 14.8 Å². The summed E-state index contributed by atoms with van der Waals surface area (Å²) >= 11 is 1.28. The van der Waals surface area contributed by atoms with Crippen molar-refractivity contribution in [1.82, 2.24) is 0 Å². The number of hydrogen-bond acceptors (Lipinski definition) is 6. The quantitative estimate of drug-likeness (QED) is 0.337. The van der Waals surface area contributed by atoms with Crippen molar-refractivity contribution in [2.24, 2.45) is 0 Å². The van der Waals surface area contributed by atoms with Crippen molar-refractivity contribution in [3.63, 3.8) is 0 Å². The highest BCUT2D eigenvalue weighted by molar-refractivity contribution is 7.15. The maximum absolute atomic E-state index is 12.8. The molecule has 1 N–H and O–H groups in total. The second-order valence-electron chi connectivity index (χ2n) is 8.06. The van der Waals surface area contributed by atoms with E-state index >= 15 is 0 Å². The van der Waals surface area contributed by atoms with E-state index in [-0.39, 0.29) is 25.0 Å². The molecule has 2 aromatic carbocycles. The van der Waals surface area contributed by atoms with Gasteiger partial charge in [0, 0.05) is 10.9 Å². The number of benzene rings is 2. The van der Waals surface area contributed by atoms with Crippen LogP contribution in [0, 0.1) is 6.92 Å². The Morgan fingerprint density at radius 3 is 2.38 bits per heavy atom. The molecular weight excluding hydrogens is 450 g/mol. The molecule has 0 saturated heterocycles.